The Balaban J connectivity index is 2.06. The highest BCUT2D eigenvalue weighted by Gasteiger charge is 2.12. The van der Waals surface area contributed by atoms with Crippen molar-refractivity contribution in [2.24, 2.45) is 0 Å². The van der Waals surface area contributed by atoms with Gasteiger partial charge in [0.1, 0.15) is 0 Å². The number of rotatable bonds is 7. The number of unbranched alkanes of at least 4 members (excludes halogenated alkanes) is 2. The summed E-state index contributed by atoms with van der Waals surface area (Å²) >= 11 is 0. The summed E-state index contributed by atoms with van der Waals surface area (Å²) < 4.78 is 4.85. The number of allylic oxidation sites excluding steroid dienone is 2. The van der Waals surface area contributed by atoms with Gasteiger partial charge in [0.05, 0.1) is 6.61 Å². The molecule has 0 aliphatic heterocycles. The molecular weight excluding hydrogens is 216 g/mol. The summed E-state index contributed by atoms with van der Waals surface area (Å²) in [4.78, 5) is 22.6. The predicted octanol–water partition coefficient (Wildman–Crippen LogP) is 3.18. The van der Waals surface area contributed by atoms with Crippen molar-refractivity contribution in [2.45, 2.75) is 58.3 Å². The molecule has 0 heterocycles. The van der Waals surface area contributed by atoms with Gasteiger partial charge in [-0.3, -0.25) is 9.59 Å². The van der Waals surface area contributed by atoms with Gasteiger partial charge in [0.15, 0.2) is 5.78 Å². The van der Waals surface area contributed by atoms with Crippen molar-refractivity contribution >= 4 is 11.8 Å². The minimum Gasteiger partial charge on any atom is -0.466 e. The van der Waals surface area contributed by atoms with E-state index in [1.165, 1.54) is 0 Å². The van der Waals surface area contributed by atoms with Gasteiger partial charge in [-0.15, -0.1) is 0 Å². The zero-order valence-electron chi connectivity index (χ0n) is 10.7. The number of ketones is 1. The highest BCUT2D eigenvalue weighted by atomic mass is 16.5. The summed E-state index contributed by atoms with van der Waals surface area (Å²) in [6.07, 6.45) is 9.07. The number of ether oxygens (including phenoxy) is 1. The zero-order valence-corrected chi connectivity index (χ0v) is 10.7. The van der Waals surface area contributed by atoms with E-state index in [2.05, 4.69) is 6.08 Å². The van der Waals surface area contributed by atoms with E-state index in [1.807, 2.05) is 6.92 Å². The highest BCUT2D eigenvalue weighted by molar-refractivity contribution is 5.95. The topological polar surface area (TPSA) is 43.4 Å². The highest BCUT2D eigenvalue weighted by Crippen LogP contribution is 2.19. The molecule has 0 atom stereocenters. The molecule has 0 N–H and O–H groups in total. The van der Waals surface area contributed by atoms with Crippen molar-refractivity contribution in [3.63, 3.8) is 0 Å². The van der Waals surface area contributed by atoms with Crippen molar-refractivity contribution in [3.8, 4) is 0 Å². The van der Waals surface area contributed by atoms with Crippen LogP contribution in [0, 0.1) is 0 Å². The van der Waals surface area contributed by atoms with Crippen molar-refractivity contribution < 1.29 is 14.3 Å². The monoisotopic (exact) mass is 238 g/mol. The molecule has 0 spiro atoms. The van der Waals surface area contributed by atoms with Crippen LogP contribution < -0.4 is 0 Å². The Bertz CT molecular complexity index is 292. The summed E-state index contributed by atoms with van der Waals surface area (Å²) in [6, 6.07) is 0. The molecule has 0 bridgehead atoms. The third kappa shape index (κ3) is 5.66. The van der Waals surface area contributed by atoms with E-state index in [-0.39, 0.29) is 5.97 Å². The maximum Gasteiger partial charge on any atom is 0.305 e. The summed E-state index contributed by atoms with van der Waals surface area (Å²) in [7, 11) is 0. The van der Waals surface area contributed by atoms with Crippen LogP contribution in [0.3, 0.4) is 0 Å². The van der Waals surface area contributed by atoms with Gasteiger partial charge in [-0.05, 0) is 44.6 Å². The molecule has 1 aliphatic carbocycles. The lowest BCUT2D eigenvalue weighted by Gasteiger charge is -2.11. The first kappa shape index (κ1) is 13.9. The first-order valence-electron chi connectivity index (χ1n) is 6.62. The molecule has 0 aromatic heterocycles. The van der Waals surface area contributed by atoms with Gasteiger partial charge in [0.2, 0.25) is 0 Å². The molecule has 0 amide bonds. The molecule has 1 rings (SSSR count). The van der Waals surface area contributed by atoms with Gasteiger partial charge >= 0.3 is 5.97 Å². The van der Waals surface area contributed by atoms with Crippen LogP contribution in [0.15, 0.2) is 11.6 Å². The van der Waals surface area contributed by atoms with Crippen LogP contribution in [-0.2, 0) is 14.3 Å². The van der Waals surface area contributed by atoms with Crippen molar-refractivity contribution in [1.29, 1.82) is 0 Å². The average molecular weight is 238 g/mol. The van der Waals surface area contributed by atoms with Gasteiger partial charge in [0.25, 0.3) is 0 Å². The number of carbonyl (C=O) groups is 2. The quantitative estimate of drug-likeness (QED) is 0.505. The summed E-state index contributed by atoms with van der Waals surface area (Å²) in [6.45, 7) is 2.28. The molecule has 0 fully saturated rings. The second kappa shape index (κ2) is 8.04. The maximum atomic E-state index is 11.5. The van der Waals surface area contributed by atoms with Crippen LogP contribution in [0.2, 0.25) is 0 Å². The van der Waals surface area contributed by atoms with Crippen molar-refractivity contribution in [2.75, 3.05) is 6.61 Å². The molecule has 17 heavy (non-hydrogen) atoms. The molecule has 0 saturated carbocycles. The molecule has 0 aromatic carbocycles. The van der Waals surface area contributed by atoms with Crippen LogP contribution in [0.4, 0.5) is 0 Å². The van der Waals surface area contributed by atoms with Crippen LogP contribution in [-0.4, -0.2) is 18.4 Å². The summed E-state index contributed by atoms with van der Waals surface area (Å²) in [5.41, 5.74) is 1.01. The number of carbonyl (C=O) groups excluding carboxylic acids is 2. The fraction of sp³-hybridized carbons (Fsp3) is 0.714. The Labute approximate surface area is 103 Å². The Morgan fingerprint density at radius 3 is 2.88 bits per heavy atom. The van der Waals surface area contributed by atoms with Gasteiger partial charge < -0.3 is 4.74 Å². The third-order valence-electron chi connectivity index (χ3n) is 2.99. The standard InChI is InChI=1S/C14H22O3/c1-2-17-14(16)11-5-3-4-8-12-9-6-7-10-13(12)15/h9H,2-8,10-11H2,1H3. The number of hydrogen-bond acceptors (Lipinski definition) is 3. The predicted molar refractivity (Wildman–Crippen MR) is 66.7 cm³/mol. The molecule has 0 saturated heterocycles. The summed E-state index contributed by atoms with van der Waals surface area (Å²) in [5.74, 6) is 0.210. The van der Waals surface area contributed by atoms with Crippen LogP contribution in [0.5, 0.6) is 0 Å². The van der Waals surface area contributed by atoms with E-state index < -0.39 is 0 Å². The van der Waals surface area contributed by atoms with E-state index >= 15 is 0 Å². The minimum absolute atomic E-state index is 0.111. The molecule has 0 radical (unpaired) electrons. The van der Waals surface area contributed by atoms with Gasteiger partial charge in [-0.1, -0.05) is 12.5 Å². The smallest absolute Gasteiger partial charge is 0.305 e. The SMILES string of the molecule is CCOC(=O)CCCCCC1=CCCCC1=O. The van der Waals surface area contributed by atoms with Crippen molar-refractivity contribution in [3.05, 3.63) is 11.6 Å². The fourth-order valence-electron chi connectivity index (χ4n) is 2.05. The van der Waals surface area contributed by atoms with Gasteiger partial charge in [-0.2, -0.15) is 0 Å². The Kier molecular flexibility index (Phi) is 6.60. The molecule has 96 valence electrons. The normalized spacial score (nSPS) is 15.6. The van der Waals surface area contributed by atoms with E-state index in [1.54, 1.807) is 0 Å². The maximum absolute atomic E-state index is 11.5. The summed E-state index contributed by atoms with van der Waals surface area (Å²) in [5, 5.41) is 0. The largest absolute Gasteiger partial charge is 0.466 e. The van der Waals surface area contributed by atoms with Crippen LogP contribution >= 0.6 is 0 Å². The average Bonchev–Trinajstić information content (AvgIpc) is 2.31. The number of Topliss-reactive ketones (excluding diaryl/α,β-unsaturated/α-hetero) is 1. The second-order valence-corrected chi connectivity index (χ2v) is 4.41. The van der Waals surface area contributed by atoms with Gasteiger partial charge in [0, 0.05) is 12.8 Å². The molecule has 0 aromatic rings. The third-order valence-corrected chi connectivity index (χ3v) is 2.99. The molecule has 3 nitrogen and oxygen atoms in total. The first-order chi connectivity index (χ1) is 8.24. The minimum atomic E-state index is -0.111. The van der Waals surface area contributed by atoms with Crippen molar-refractivity contribution in [1.82, 2.24) is 0 Å². The van der Waals surface area contributed by atoms with E-state index in [0.29, 0.717) is 25.2 Å². The number of esters is 1. The Hall–Kier alpha value is -1.12. The lowest BCUT2D eigenvalue weighted by Crippen LogP contribution is -2.07. The first-order valence-corrected chi connectivity index (χ1v) is 6.62. The number of hydrogen-bond donors (Lipinski definition) is 0. The van der Waals surface area contributed by atoms with Crippen LogP contribution in [0.25, 0.3) is 0 Å². The molecule has 1 aliphatic rings. The Morgan fingerprint density at radius 2 is 2.18 bits per heavy atom. The molecule has 3 heteroatoms. The lowest BCUT2D eigenvalue weighted by molar-refractivity contribution is -0.143. The Morgan fingerprint density at radius 1 is 1.35 bits per heavy atom. The van der Waals surface area contributed by atoms with Gasteiger partial charge in [-0.25, -0.2) is 0 Å². The molecule has 0 unspecified atom stereocenters. The lowest BCUT2D eigenvalue weighted by atomic mass is 9.94. The second-order valence-electron chi connectivity index (χ2n) is 4.41. The van der Waals surface area contributed by atoms with E-state index in [4.69, 9.17) is 4.74 Å². The van der Waals surface area contributed by atoms with Crippen LogP contribution in [0.1, 0.15) is 58.3 Å². The molecular formula is C14H22O3. The zero-order chi connectivity index (χ0) is 12.5. The fourth-order valence-corrected chi connectivity index (χ4v) is 2.05. The van der Waals surface area contributed by atoms with E-state index in [9.17, 15) is 9.59 Å². The van der Waals surface area contributed by atoms with E-state index in [0.717, 1.165) is 44.1 Å².